The first-order chi connectivity index (χ1) is 15.3. The molecule has 0 atom stereocenters. The average molecular weight is 407 g/mol. The highest BCUT2D eigenvalue weighted by Gasteiger charge is 2.16. The van der Waals surface area contributed by atoms with Crippen LogP contribution in [0, 0.1) is 5.82 Å². The largest absolute Gasteiger partial charge is 0.321 e. The van der Waals surface area contributed by atoms with E-state index in [-0.39, 0.29) is 5.82 Å². The molecule has 148 valence electrons. The summed E-state index contributed by atoms with van der Waals surface area (Å²) in [6.07, 6.45) is 6.74. The van der Waals surface area contributed by atoms with Crippen LogP contribution >= 0.6 is 0 Å². The number of hydrogen-bond donors (Lipinski definition) is 2. The Balaban J connectivity index is 1.51. The van der Waals surface area contributed by atoms with Crippen molar-refractivity contribution < 1.29 is 4.39 Å². The van der Waals surface area contributed by atoms with Crippen LogP contribution in [-0.2, 0) is 0 Å². The molecule has 0 aliphatic heterocycles. The maximum absolute atomic E-state index is 13.4. The van der Waals surface area contributed by atoms with E-state index in [4.69, 9.17) is 4.98 Å². The molecule has 0 unspecified atom stereocenters. The monoisotopic (exact) mass is 407 g/mol. The van der Waals surface area contributed by atoms with Crippen LogP contribution in [0.1, 0.15) is 0 Å². The predicted molar refractivity (Wildman–Crippen MR) is 115 cm³/mol. The Morgan fingerprint density at radius 1 is 0.839 bits per heavy atom. The third-order valence-electron chi connectivity index (χ3n) is 5.19. The number of halogens is 1. The van der Waals surface area contributed by atoms with Crippen LogP contribution in [0.2, 0.25) is 0 Å². The summed E-state index contributed by atoms with van der Waals surface area (Å²) in [5.41, 5.74) is 6.35. The van der Waals surface area contributed by atoms with E-state index in [0.717, 1.165) is 33.3 Å². The van der Waals surface area contributed by atoms with E-state index >= 15 is 0 Å². The van der Waals surface area contributed by atoms with Gasteiger partial charge in [0.05, 0.1) is 17.4 Å². The highest BCUT2D eigenvalue weighted by molar-refractivity contribution is 5.97. The molecule has 7 nitrogen and oxygen atoms in total. The van der Waals surface area contributed by atoms with Gasteiger partial charge in [-0.3, -0.25) is 15.1 Å². The fourth-order valence-electron chi connectivity index (χ4n) is 3.69. The van der Waals surface area contributed by atoms with E-state index < -0.39 is 0 Å². The fourth-order valence-corrected chi connectivity index (χ4v) is 3.69. The normalized spacial score (nSPS) is 11.4. The van der Waals surface area contributed by atoms with Gasteiger partial charge in [0.15, 0.2) is 11.5 Å². The van der Waals surface area contributed by atoms with Crippen LogP contribution in [0.15, 0.2) is 73.3 Å². The van der Waals surface area contributed by atoms with Gasteiger partial charge in [0, 0.05) is 35.1 Å². The Bertz CT molecular complexity index is 1540. The lowest BCUT2D eigenvalue weighted by Crippen LogP contribution is -1.85. The SMILES string of the molecule is Fc1ccc(-c2ccnc3[nH]c(-c4n[nH]c5ccc(-c6cnccn6)cc45)nc23)cc1. The van der Waals surface area contributed by atoms with Gasteiger partial charge in [-0.05, 0) is 35.9 Å². The van der Waals surface area contributed by atoms with Gasteiger partial charge in [0.1, 0.15) is 17.0 Å². The molecule has 2 aromatic carbocycles. The lowest BCUT2D eigenvalue weighted by atomic mass is 10.1. The van der Waals surface area contributed by atoms with Crippen LogP contribution in [0.4, 0.5) is 4.39 Å². The van der Waals surface area contributed by atoms with Crippen LogP contribution < -0.4 is 0 Å². The molecule has 2 N–H and O–H groups in total. The lowest BCUT2D eigenvalue weighted by Gasteiger charge is -2.01. The second kappa shape index (κ2) is 6.81. The van der Waals surface area contributed by atoms with Gasteiger partial charge in [-0.1, -0.05) is 18.2 Å². The van der Waals surface area contributed by atoms with Crippen molar-refractivity contribution in [1.29, 1.82) is 0 Å². The van der Waals surface area contributed by atoms with E-state index in [0.29, 0.717) is 22.7 Å². The molecule has 0 saturated carbocycles. The predicted octanol–water partition coefficient (Wildman–Crippen LogP) is 4.76. The first-order valence-electron chi connectivity index (χ1n) is 9.62. The number of benzene rings is 2. The topological polar surface area (TPSA) is 96.0 Å². The molecule has 6 rings (SSSR count). The van der Waals surface area contributed by atoms with E-state index in [2.05, 4.69) is 30.1 Å². The minimum atomic E-state index is -0.279. The van der Waals surface area contributed by atoms with E-state index in [9.17, 15) is 4.39 Å². The number of fused-ring (bicyclic) bond motifs is 2. The summed E-state index contributed by atoms with van der Waals surface area (Å²) in [4.78, 5) is 21.0. The van der Waals surface area contributed by atoms with Crippen LogP contribution in [-0.4, -0.2) is 35.1 Å². The van der Waals surface area contributed by atoms with Crippen LogP contribution in [0.25, 0.3) is 56.0 Å². The van der Waals surface area contributed by atoms with Gasteiger partial charge >= 0.3 is 0 Å². The van der Waals surface area contributed by atoms with E-state index in [1.807, 2.05) is 24.3 Å². The van der Waals surface area contributed by atoms with Crippen molar-refractivity contribution in [1.82, 2.24) is 35.1 Å². The molecule has 6 aromatic rings. The molecule has 0 aliphatic rings. The lowest BCUT2D eigenvalue weighted by molar-refractivity contribution is 0.628. The summed E-state index contributed by atoms with van der Waals surface area (Å²) >= 11 is 0. The maximum Gasteiger partial charge on any atom is 0.160 e. The number of aromatic amines is 2. The number of nitrogens with one attached hydrogen (secondary N) is 2. The summed E-state index contributed by atoms with van der Waals surface area (Å²) in [6.45, 7) is 0. The molecule has 0 fully saturated rings. The number of pyridine rings is 1. The van der Waals surface area contributed by atoms with Gasteiger partial charge in [-0.2, -0.15) is 5.10 Å². The van der Waals surface area contributed by atoms with Crippen molar-refractivity contribution in [2.24, 2.45) is 0 Å². The Morgan fingerprint density at radius 2 is 1.71 bits per heavy atom. The van der Waals surface area contributed by atoms with Gasteiger partial charge in [-0.15, -0.1) is 0 Å². The molecular formula is C23H14FN7. The summed E-state index contributed by atoms with van der Waals surface area (Å²) in [5.74, 6) is 0.318. The van der Waals surface area contributed by atoms with Crippen molar-refractivity contribution in [2.45, 2.75) is 0 Å². The minimum absolute atomic E-state index is 0.279. The average Bonchev–Trinajstić information content (AvgIpc) is 3.43. The molecule has 0 spiro atoms. The summed E-state index contributed by atoms with van der Waals surface area (Å²) < 4.78 is 13.4. The van der Waals surface area contributed by atoms with E-state index in [1.54, 1.807) is 36.9 Å². The zero-order valence-corrected chi connectivity index (χ0v) is 16.0. The number of aromatic nitrogens is 7. The third-order valence-corrected chi connectivity index (χ3v) is 5.19. The van der Waals surface area contributed by atoms with Gasteiger partial charge < -0.3 is 4.98 Å². The molecule has 4 aromatic heterocycles. The summed E-state index contributed by atoms with van der Waals surface area (Å²) in [6, 6.07) is 14.1. The standard InChI is InChI=1S/C23H14FN7/c24-15-4-1-13(2-5-15)16-7-8-27-22-20(16)28-23(29-22)21-17-11-14(3-6-18(17)30-31-21)19-12-25-9-10-26-19/h1-12H,(H,30,31)(H,27,28,29). The zero-order valence-electron chi connectivity index (χ0n) is 16.0. The summed E-state index contributed by atoms with van der Waals surface area (Å²) in [7, 11) is 0. The molecular weight excluding hydrogens is 393 g/mol. The molecule has 31 heavy (non-hydrogen) atoms. The molecule has 0 bridgehead atoms. The quantitative estimate of drug-likeness (QED) is 0.441. The number of imidazole rings is 1. The third kappa shape index (κ3) is 2.93. The zero-order chi connectivity index (χ0) is 20.8. The van der Waals surface area contributed by atoms with Gasteiger partial charge in [0.2, 0.25) is 0 Å². The van der Waals surface area contributed by atoms with Crippen molar-refractivity contribution in [3.63, 3.8) is 0 Å². The highest BCUT2D eigenvalue weighted by Crippen LogP contribution is 2.32. The second-order valence-electron chi connectivity index (χ2n) is 7.07. The Hall–Kier alpha value is -4.46. The fraction of sp³-hybridized carbons (Fsp3) is 0. The maximum atomic E-state index is 13.4. The van der Waals surface area contributed by atoms with Crippen molar-refractivity contribution in [3.05, 3.63) is 79.1 Å². The number of hydrogen-bond acceptors (Lipinski definition) is 5. The molecule has 4 heterocycles. The van der Waals surface area contributed by atoms with E-state index in [1.165, 1.54) is 12.1 Å². The first kappa shape index (κ1) is 17.4. The first-order valence-corrected chi connectivity index (χ1v) is 9.62. The van der Waals surface area contributed by atoms with Gasteiger partial charge in [-0.25, -0.2) is 14.4 Å². The second-order valence-corrected chi connectivity index (χ2v) is 7.07. The Morgan fingerprint density at radius 3 is 2.55 bits per heavy atom. The highest BCUT2D eigenvalue weighted by atomic mass is 19.1. The molecule has 8 heteroatoms. The van der Waals surface area contributed by atoms with Crippen molar-refractivity contribution in [2.75, 3.05) is 0 Å². The number of H-pyrrole nitrogens is 2. The van der Waals surface area contributed by atoms with Crippen molar-refractivity contribution in [3.8, 4) is 33.9 Å². The summed E-state index contributed by atoms with van der Waals surface area (Å²) in [5, 5.41) is 8.44. The number of rotatable bonds is 3. The molecule has 0 aliphatic carbocycles. The molecule has 0 saturated heterocycles. The number of nitrogens with zero attached hydrogens (tertiary/aromatic N) is 5. The Labute approximate surface area is 175 Å². The van der Waals surface area contributed by atoms with Crippen LogP contribution in [0.3, 0.4) is 0 Å². The minimum Gasteiger partial charge on any atom is -0.321 e. The smallest absolute Gasteiger partial charge is 0.160 e. The van der Waals surface area contributed by atoms with Crippen molar-refractivity contribution >= 4 is 22.1 Å². The van der Waals surface area contributed by atoms with Gasteiger partial charge in [0.25, 0.3) is 0 Å². The Kier molecular flexibility index (Phi) is 3.82. The molecule has 0 radical (unpaired) electrons. The molecule has 0 amide bonds. The van der Waals surface area contributed by atoms with Crippen LogP contribution in [0.5, 0.6) is 0 Å².